The lowest BCUT2D eigenvalue weighted by molar-refractivity contribution is -0.167. The van der Waals surface area contributed by atoms with Gasteiger partial charge in [0, 0.05) is 19.3 Å². The highest BCUT2D eigenvalue weighted by Crippen LogP contribution is 2.14. The lowest BCUT2D eigenvalue weighted by Gasteiger charge is -2.18. The number of rotatable bonds is 45. The van der Waals surface area contributed by atoms with Gasteiger partial charge in [-0.3, -0.25) is 14.4 Å². The number of esters is 3. The predicted molar refractivity (Wildman–Crippen MR) is 265 cm³/mol. The molecule has 0 aromatic carbocycles. The van der Waals surface area contributed by atoms with Crippen LogP contribution in [-0.2, 0) is 28.6 Å². The first-order chi connectivity index (χ1) is 30.5. The first kappa shape index (κ1) is 58.6. The normalized spacial score (nSPS) is 12.8. The largest absolute Gasteiger partial charge is 0.462 e. The van der Waals surface area contributed by atoms with Crippen LogP contribution in [0.2, 0.25) is 0 Å². The maximum Gasteiger partial charge on any atom is 0.306 e. The molecule has 0 bridgehead atoms. The Balaban J connectivity index is 4.42. The Bertz CT molecular complexity index is 1220. The Morgan fingerprint density at radius 2 is 0.581 bits per heavy atom. The Kier molecular flexibility index (Phi) is 47.5. The molecule has 0 aliphatic rings. The van der Waals surface area contributed by atoms with Crippen LogP contribution in [0.5, 0.6) is 0 Å². The van der Waals surface area contributed by atoms with Crippen molar-refractivity contribution in [3.63, 3.8) is 0 Å². The van der Waals surface area contributed by atoms with Crippen LogP contribution in [0.4, 0.5) is 0 Å². The van der Waals surface area contributed by atoms with Gasteiger partial charge in [-0.05, 0) is 103 Å². The van der Waals surface area contributed by atoms with Crippen LogP contribution in [-0.4, -0.2) is 37.2 Å². The van der Waals surface area contributed by atoms with E-state index in [-0.39, 0.29) is 31.1 Å². The summed E-state index contributed by atoms with van der Waals surface area (Å²) in [6, 6.07) is 0. The molecule has 6 nitrogen and oxygen atoms in total. The minimum absolute atomic E-state index is 0.0889. The van der Waals surface area contributed by atoms with Gasteiger partial charge in [0.15, 0.2) is 6.10 Å². The highest BCUT2D eigenvalue weighted by Gasteiger charge is 2.19. The maximum absolute atomic E-state index is 12.8. The van der Waals surface area contributed by atoms with Gasteiger partial charge >= 0.3 is 17.9 Å². The lowest BCUT2D eigenvalue weighted by atomic mass is 10.1. The van der Waals surface area contributed by atoms with Gasteiger partial charge in [-0.15, -0.1) is 0 Å². The summed E-state index contributed by atoms with van der Waals surface area (Å²) in [6.45, 7) is 6.29. The first-order valence-electron chi connectivity index (χ1n) is 25.6. The standard InChI is InChI=1S/C56H94O6/c1-4-7-10-13-16-19-22-25-28-29-32-34-37-40-43-46-49-55(58)61-52-53(62-56(59)50-47-44-41-38-35-31-27-24-21-18-15-12-9-6-3)51-60-54(57)48-45-42-39-36-33-30-26-23-20-17-14-11-8-5-2/h7-12,16-21,25,28,53H,4-6,13-15,22-24,26-27,29-52H2,1-3H3/b10-7-,11-8-,12-9-,19-16-,20-17-,21-18-,28-25-. The van der Waals surface area contributed by atoms with E-state index in [1.807, 2.05) is 0 Å². The third-order valence-electron chi connectivity index (χ3n) is 10.6. The smallest absolute Gasteiger partial charge is 0.306 e. The summed E-state index contributed by atoms with van der Waals surface area (Å²) in [5, 5.41) is 0. The number of hydrogen-bond donors (Lipinski definition) is 0. The third-order valence-corrected chi connectivity index (χ3v) is 10.6. The van der Waals surface area contributed by atoms with E-state index in [1.165, 1.54) is 70.6 Å². The molecule has 0 aromatic rings. The molecule has 0 spiro atoms. The van der Waals surface area contributed by atoms with Crippen molar-refractivity contribution in [2.75, 3.05) is 13.2 Å². The van der Waals surface area contributed by atoms with Crippen LogP contribution < -0.4 is 0 Å². The molecule has 6 heteroatoms. The van der Waals surface area contributed by atoms with Gasteiger partial charge in [-0.1, -0.05) is 196 Å². The van der Waals surface area contributed by atoms with Crippen LogP contribution in [0.15, 0.2) is 85.1 Å². The molecule has 1 atom stereocenters. The SMILES string of the molecule is CC/C=C\C/C=C\C/C=C\CCCCCCCCC(=O)OCC(COC(=O)CCCCCCCCC/C=C\C/C=C\CC)OC(=O)CCCCCCCCC/C=C\C/C=C\CC. The average molecular weight is 863 g/mol. The summed E-state index contributed by atoms with van der Waals surface area (Å²) in [6.07, 6.45) is 64.2. The van der Waals surface area contributed by atoms with Crippen molar-refractivity contribution in [1.82, 2.24) is 0 Å². The number of allylic oxidation sites excluding steroid dienone is 14. The summed E-state index contributed by atoms with van der Waals surface area (Å²) in [5.41, 5.74) is 0. The summed E-state index contributed by atoms with van der Waals surface area (Å²) in [5.74, 6) is -0.919. The van der Waals surface area contributed by atoms with Crippen LogP contribution in [0.25, 0.3) is 0 Å². The van der Waals surface area contributed by atoms with Gasteiger partial charge in [0.05, 0.1) is 0 Å². The Labute approximate surface area is 382 Å². The Morgan fingerprint density at radius 3 is 0.903 bits per heavy atom. The topological polar surface area (TPSA) is 78.9 Å². The second-order valence-corrected chi connectivity index (χ2v) is 16.6. The van der Waals surface area contributed by atoms with E-state index >= 15 is 0 Å². The maximum atomic E-state index is 12.8. The Hall–Kier alpha value is -3.41. The van der Waals surface area contributed by atoms with E-state index in [0.717, 1.165) is 122 Å². The zero-order valence-corrected chi connectivity index (χ0v) is 40.4. The van der Waals surface area contributed by atoms with Crippen LogP contribution in [0.1, 0.15) is 233 Å². The zero-order chi connectivity index (χ0) is 45.1. The van der Waals surface area contributed by atoms with Gasteiger partial charge in [-0.2, -0.15) is 0 Å². The molecule has 0 saturated carbocycles. The molecule has 0 aliphatic carbocycles. The molecule has 0 N–H and O–H groups in total. The van der Waals surface area contributed by atoms with Gasteiger partial charge < -0.3 is 14.2 Å². The van der Waals surface area contributed by atoms with E-state index in [2.05, 4.69) is 106 Å². The number of carbonyl (C=O) groups is 3. The van der Waals surface area contributed by atoms with E-state index in [1.54, 1.807) is 0 Å². The monoisotopic (exact) mass is 863 g/mol. The minimum atomic E-state index is -0.789. The van der Waals surface area contributed by atoms with Crippen molar-refractivity contribution in [3.05, 3.63) is 85.1 Å². The molecule has 0 amide bonds. The average Bonchev–Trinajstić information content (AvgIpc) is 3.27. The molecule has 0 aromatic heterocycles. The van der Waals surface area contributed by atoms with Crippen molar-refractivity contribution in [2.45, 2.75) is 239 Å². The van der Waals surface area contributed by atoms with Gasteiger partial charge in [-0.25, -0.2) is 0 Å². The van der Waals surface area contributed by atoms with Gasteiger partial charge in [0.1, 0.15) is 13.2 Å². The van der Waals surface area contributed by atoms with Crippen molar-refractivity contribution in [3.8, 4) is 0 Å². The zero-order valence-electron chi connectivity index (χ0n) is 40.4. The van der Waals surface area contributed by atoms with Crippen LogP contribution >= 0.6 is 0 Å². The second-order valence-electron chi connectivity index (χ2n) is 16.6. The number of hydrogen-bond acceptors (Lipinski definition) is 6. The molecule has 0 aliphatic heterocycles. The van der Waals surface area contributed by atoms with E-state index in [0.29, 0.717) is 19.3 Å². The molecule has 0 rings (SSSR count). The fourth-order valence-electron chi connectivity index (χ4n) is 6.88. The molecule has 0 radical (unpaired) electrons. The van der Waals surface area contributed by atoms with E-state index in [4.69, 9.17) is 14.2 Å². The van der Waals surface area contributed by atoms with Crippen LogP contribution in [0, 0.1) is 0 Å². The summed E-state index contributed by atoms with van der Waals surface area (Å²) < 4.78 is 16.8. The van der Waals surface area contributed by atoms with Crippen molar-refractivity contribution in [1.29, 1.82) is 0 Å². The molecule has 354 valence electrons. The molecule has 0 fully saturated rings. The summed E-state index contributed by atoms with van der Waals surface area (Å²) in [4.78, 5) is 38.0. The van der Waals surface area contributed by atoms with Crippen LogP contribution in [0.3, 0.4) is 0 Å². The highest BCUT2D eigenvalue weighted by molar-refractivity contribution is 5.71. The number of ether oxygens (including phenoxy) is 3. The van der Waals surface area contributed by atoms with E-state index < -0.39 is 6.10 Å². The predicted octanol–water partition coefficient (Wildman–Crippen LogP) is 16.8. The van der Waals surface area contributed by atoms with Crippen molar-refractivity contribution < 1.29 is 28.6 Å². The van der Waals surface area contributed by atoms with Crippen molar-refractivity contribution >= 4 is 17.9 Å². The summed E-state index contributed by atoms with van der Waals surface area (Å²) >= 11 is 0. The number of carbonyl (C=O) groups excluding carboxylic acids is 3. The second kappa shape index (κ2) is 50.2. The third kappa shape index (κ3) is 47.6. The highest BCUT2D eigenvalue weighted by atomic mass is 16.6. The fourth-order valence-corrected chi connectivity index (χ4v) is 6.88. The van der Waals surface area contributed by atoms with Gasteiger partial charge in [0.25, 0.3) is 0 Å². The molecule has 62 heavy (non-hydrogen) atoms. The van der Waals surface area contributed by atoms with Crippen molar-refractivity contribution in [2.24, 2.45) is 0 Å². The molecule has 0 heterocycles. The Morgan fingerprint density at radius 1 is 0.323 bits per heavy atom. The molecular formula is C56H94O6. The minimum Gasteiger partial charge on any atom is -0.462 e. The summed E-state index contributed by atoms with van der Waals surface area (Å²) in [7, 11) is 0. The molecule has 1 unspecified atom stereocenters. The lowest BCUT2D eigenvalue weighted by Crippen LogP contribution is -2.30. The quantitative estimate of drug-likeness (QED) is 0.0263. The first-order valence-corrected chi connectivity index (χ1v) is 25.6. The molecular weight excluding hydrogens is 769 g/mol. The van der Waals surface area contributed by atoms with E-state index in [9.17, 15) is 14.4 Å². The molecule has 0 saturated heterocycles. The van der Waals surface area contributed by atoms with Gasteiger partial charge in [0.2, 0.25) is 0 Å². The fraction of sp³-hybridized carbons (Fsp3) is 0.696. The number of unbranched alkanes of at least 4 members (excludes halogenated alkanes) is 20.